The standard InChI is InChI=1S/C16H21NO2S/c1-12-14(13-9-7-6-8-10-13)11-17(20(5,18)19)15(12)16(2,3)4/h6-11,15H,1H2,2-5H3. The monoisotopic (exact) mass is 291 g/mol. The van der Waals surface area contributed by atoms with Gasteiger partial charge in [-0.2, -0.15) is 0 Å². The fourth-order valence-electron chi connectivity index (χ4n) is 2.65. The molecule has 0 saturated carbocycles. The Bertz CT molecular complexity index is 651. The second kappa shape index (κ2) is 4.77. The molecule has 1 aromatic carbocycles. The molecule has 1 aromatic rings. The molecular weight excluding hydrogens is 270 g/mol. The Labute approximate surface area is 121 Å². The van der Waals surface area contributed by atoms with E-state index in [4.69, 9.17) is 0 Å². The molecule has 0 aliphatic carbocycles. The summed E-state index contributed by atoms with van der Waals surface area (Å²) in [6.07, 6.45) is 2.95. The highest BCUT2D eigenvalue weighted by Crippen LogP contribution is 2.42. The van der Waals surface area contributed by atoms with E-state index in [0.717, 1.165) is 16.7 Å². The third-order valence-electron chi connectivity index (χ3n) is 3.47. The van der Waals surface area contributed by atoms with Crippen LogP contribution in [-0.2, 0) is 10.0 Å². The van der Waals surface area contributed by atoms with E-state index in [1.54, 1.807) is 6.20 Å². The first-order chi connectivity index (χ1) is 9.12. The third kappa shape index (κ3) is 2.66. The van der Waals surface area contributed by atoms with E-state index < -0.39 is 10.0 Å². The Morgan fingerprint density at radius 1 is 1.15 bits per heavy atom. The van der Waals surface area contributed by atoms with E-state index >= 15 is 0 Å². The molecule has 1 aliphatic rings. The number of benzene rings is 1. The highest BCUT2D eigenvalue weighted by atomic mass is 32.2. The summed E-state index contributed by atoms with van der Waals surface area (Å²) in [7, 11) is -3.31. The molecule has 1 heterocycles. The molecule has 0 spiro atoms. The van der Waals surface area contributed by atoms with Gasteiger partial charge in [0.1, 0.15) is 0 Å². The Balaban J connectivity index is 2.55. The van der Waals surface area contributed by atoms with Crippen LogP contribution in [0.15, 0.2) is 48.7 Å². The zero-order valence-corrected chi connectivity index (χ0v) is 13.2. The number of hydrogen-bond acceptors (Lipinski definition) is 2. The van der Waals surface area contributed by atoms with Crippen LogP contribution in [-0.4, -0.2) is 25.0 Å². The summed E-state index contributed by atoms with van der Waals surface area (Å²) in [5.41, 5.74) is 2.54. The van der Waals surface area contributed by atoms with Crippen LogP contribution in [0, 0.1) is 5.41 Å². The molecule has 0 saturated heterocycles. The van der Waals surface area contributed by atoms with E-state index in [1.165, 1.54) is 10.6 Å². The molecular formula is C16H21NO2S. The van der Waals surface area contributed by atoms with Crippen LogP contribution in [0.25, 0.3) is 5.57 Å². The van der Waals surface area contributed by atoms with Crippen molar-refractivity contribution >= 4 is 15.6 Å². The Morgan fingerprint density at radius 2 is 1.70 bits per heavy atom. The quantitative estimate of drug-likeness (QED) is 0.838. The second-order valence-corrected chi connectivity index (χ2v) is 8.18. The first-order valence-electron chi connectivity index (χ1n) is 6.57. The predicted octanol–water partition coefficient (Wildman–Crippen LogP) is 3.27. The lowest BCUT2D eigenvalue weighted by molar-refractivity contribution is 0.262. The molecule has 20 heavy (non-hydrogen) atoms. The van der Waals surface area contributed by atoms with Crippen LogP contribution in [0.4, 0.5) is 0 Å². The van der Waals surface area contributed by atoms with Gasteiger partial charge < -0.3 is 0 Å². The highest BCUT2D eigenvalue weighted by molar-refractivity contribution is 7.88. The molecule has 3 nitrogen and oxygen atoms in total. The maximum absolute atomic E-state index is 12.1. The Hall–Kier alpha value is -1.55. The number of nitrogens with zero attached hydrogens (tertiary/aromatic N) is 1. The van der Waals surface area contributed by atoms with Gasteiger partial charge in [0.2, 0.25) is 10.0 Å². The van der Waals surface area contributed by atoms with Gasteiger partial charge in [0.05, 0.1) is 12.3 Å². The van der Waals surface area contributed by atoms with Crippen LogP contribution < -0.4 is 0 Å². The van der Waals surface area contributed by atoms with Crippen LogP contribution in [0.1, 0.15) is 26.3 Å². The zero-order chi connectivity index (χ0) is 15.1. The van der Waals surface area contributed by atoms with Gasteiger partial charge >= 0.3 is 0 Å². The fraction of sp³-hybridized carbons (Fsp3) is 0.375. The fourth-order valence-corrected chi connectivity index (χ4v) is 3.78. The maximum atomic E-state index is 12.1. The number of sulfonamides is 1. The maximum Gasteiger partial charge on any atom is 0.232 e. The van der Waals surface area contributed by atoms with Crippen molar-refractivity contribution < 1.29 is 8.42 Å². The molecule has 0 bridgehead atoms. The molecule has 1 aliphatic heterocycles. The van der Waals surface area contributed by atoms with Gasteiger partial charge in [-0.05, 0) is 16.6 Å². The smallest absolute Gasteiger partial charge is 0.232 e. The summed E-state index contributed by atoms with van der Waals surface area (Å²) in [5.74, 6) is 0. The third-order valence-corrected chi connectivity index (χ3v) is 4.56. The average Bonchev–Trinajstić information content (AvgIpc) is 2.67. The van der Waals surface area contributed by atoms with Crippen LogP contribution >= 0.6 is 0 Å². The van der Waals surface area contributed by atoms with E-state index in [0.29, 0.717) is 0 Å². The van der Waals surface area contributed by atoms with E-state index in [9.17, 15) is 8.42 Å². The van der Waals surface area contributed by atoms with Gasteiger partial charge in [0.15, 0.2) is 0 Å². The predicted molar refractivity (Wildman–Crippen MR) is 83.5 cm³/mol. The zero-order valence-electron chi connectivity index (χ0n) is 12.4. The number of hydrogen-bond donors (Lipinski definition) is 0. The Morgan fingerprint density at radius 3 is 2.10 bits per heavy atom. The molecule has 0 fully saturated rings. The molecule has 2 rings (SSSR count). The van der Waals surface area contributed by atoms with Crippen molar-refractivity contribution in [1.82, 2.24) is 4.31 Å². The van der Waals surface area contributed by atoms with Crippen molar-refractivity contribution in [3.8, 4) is 0 Å². The molecule has 0 radical (unpaired) electrons. The normalized spacial score (nSPS) is 20.2. The summed E-state index contributed by atoms with van der Waals surface area (Å²) in [5, 5.41) is 0. The van der Waals surface area contributed by atoms with Crippen LogP contribution in [0.5, 0.6) is 0 Å². The lowest BCUT2D eigenvalue weighted by Gasteiger charge is -2.35. The molecule has 1 atom stereocenters. The van der Waals surface area contributed by atoms with Gasteiger partial charge in [-0.15, -0.1) is 0 Å². The molecule has 0 aromatic heterocycles. The van der Waals surface area contributed by atoms with E-state index in [-0.39, 0.29) is 11.5 Å². The Kier molecular flexibility index (Phi) is 3.54. The molecule has 4 heteroatoms. The van der Waals surface area contributed by atoms with Gasteiger partial charge in [-0.1, -0.05) is 57.7 Å². The second-order valence-electron chi connectivity index (χ2n) is 6.30. The molecule has 108 valence electrons. The summed E-state index contributed by atoms with van der Waals surface area (Å²) < 4.78 is 25.5. The summed E-state index contributed by atoms with van der Waals surface area (Å²) in [4.78, 5) is 0. The number of rotatable bonds is 2. The highest BCUT2D eigenvalue weighted by Gasteiger charge is 2.41. The van der Waals surface area contributed by atoms with Gasteiger partial charge in [0.25, 0.3) is 0 Å². The summed E-state index contributed by atoms with van der Waals surface area (Å²) in [6, 6.07) is 9.53. The SMILES string of the molecule is C=C1C(c2ccccc2)=CN(S(C)(=O)=O)C1C(C)(C)C. The van der Waals surface area contributed by atoms with Gasteiger partial charge in [-0.25, -0.2) is 8.42 Å². The minimum absolute atomic E-state index is 0.215. The molecule has 0 amide bonds. The van der Waals surface area contributed by atoms with E-state index in [2.05, 4.69) is 6.58 Å². The first-order valence-corrected chi connectivity index (χ1v) is 8.42. The van der Waals surface area contributed by atoms with Gasteiger partial charge in [0, 0.05) is 11.8 Å². The van der Waals surface area contributed by atoms with Crippen molar-refractivity contribution in [1.29, 1.82) is 0 Å². The lowest BCUT2D eigenvalue weighted by Crippen LogP contribution is -2.41. The lowest BCUT2D eigenvalue weighted by atomic mass is 9.81. The average molecular weight is 291 g/mol. The topological polar surface area (TPSA) is 37.4 Å². The van der Waals surface area contributed by atoms with Crippen molar-refractivity contribution in [2.75, 3.05) is 6.26 Å². The van der Waals surface area contributed by atoms with Crippen molar-refractivity contribution in [2.24, 2.45) is 5.41 Å². The van der Waals surface area contributed by atoms with Crippen molar-refractivity contribution in [3.05, 3.63) is 54.2 Å². The first kappa shape index (κ1) is 14.9. The van der Waals surface area contributed by atoms with Gasteiger partial charge in [-0.3, -0.25) is 4.31 Å². The van der Waals surface area contributed by atoms with Crippen LogP contribution in [0.2, 0.25) is 0 Å². The molecule has 0 N–H and O–H groups in total. The molecule has 1 unspecified atom stereocenters. The minimum Gasteiger partial charge on any atom is -0.269 e. The largest absolute Gasteiger partial charge is 0.269 e. The van der Waals surface area contributed by atoms with Crippen molar-refractivity contribution in [2.45, 2.75) is 26.8 Å². The summed E-state index contributed by atoms with van der Waals surface area (Å²) in [6.45, 7) is 10.2. The minimum atomic E-state index is -3.31. The van der Waals surface area contributed by atoms with Crippen LogP contribution in [0.3, 0.4) is 0 Å². The van der Waals surface area contributed by atoms with Crippen molar-refractivity contribution in [3.63, 3.8) is 0 Å². The summed E-state index contributed by atoms with van der Waals surface area (Å²) >= 11 is 0. The van der Waals surface area contributed by atoms with E-state index in [1.807, 2.05) is 51.1 Å².